The maximum Gasteiger partial charge on any atom is 0.237 e. The van der Waals surface area contributed by atoms with Gasteiger partial charge in [0.05, 0.1) is 12.1 Å². The van der Waals surface area contributed by atoms with Gasteiger partial charge in [-0.15, -0.1) is 0 Å². The van der Waals surface area contributed by atoms with Crippen molar-refractivity contribution in [2.24, 2.45) is 0 Å². The summed E-state index contributed by atoms with van der Waals surface area (Å²) in [5.74, 6) is -0.100. The van der Waals surface area contributed by atoms with E-state index in [0.29, 0.717) is 6.42 Å². The summed E-state index contributed by atoms with van der Waals surface area (Å²) >= 11 is 0. The van der Waals surface area contributed by atoms with Crippen molar-refractivity contribution < 1.29 is 9.59 Å². The van der Waals surface area contributed by atoms with Crippen LogP contribution in [0.3, 0.4) is 0 Å². The number of rotatable bonds is 5. The van der Waals surface area contributed by atoms with E-state index in [9.17, 15) is 9.59 Å². The maximum absolute atomic E-state index is 11.9. The second-order valence-corrected chi connectivity index (χ2v) is 4.52. The fourth-order valence-corrected chi connectivity index (χ4v) is 2.15. The summed E-state index contributed by atoms with van der Waals surface area (Å²) in [5.41, 5.74) is 1.02. The fraction of sp³-hybridized carbons (Fsp3) is 0.429. The van der Waals surface area contributed by atoms with E-state index in [-0.39, 0.29) is 11.9 Å². The third-order valence-electron chi connectivity index (χ3n) is 3.12. The summed E-state index contributed by atoms with van der Waals surface area (Å²) in [7, 11) is 0. The number of amides is 1. The van der Waals surface area contributed by atoms with Gasteiger partial charge in [0.1, 0.15) is 0 Å². The van der Waals surface area contributed by atoms with Crippen LogP contribution in [0.5, 0.6) is 0 Å². The average Bonchev–Trinajstić information content (AvgIpc) is 2.93. The van der Waals surface area contributed by atoms with Gasteiger partial charge in [-0.3, -0.25) is 9.59 Å². The first kappa shape index (κ1) is 12.8. The van der Waals surface area contributed by atoms with Crippen LogP contribution in [0.1, 0.15) is 18.4 Å². The average molecular weight is 245 g/mol. The van der Waals surface area contributed by atoms with Gasteiger partial charge in [-0.2, -0.15) is 0 Å². The van der Waals surface area contributed by atoms with E-state index in [4.69, 9.17) is 0 Å². The van der Waals surface area contributed by atoms with Crippen molar-refractivity contribution in [2.75, 3.05) is 6.54 Å². The van der Waals surface area contributed by atoms with Gasteiger partial charge in [0.2, 0.25) is 12.2 Å². The van der Waals surface area contributed by atoms with Crippen LogP contribution < -0.4 is 10.6 Å². The molecule has 0 aromatic heterocycles. The Bertz CT molecular complexity index is 400. The molecule has 95 valence electrons. The van der Waals surface area contributed by atoms with Gasteiger partial charge in [0.25, 0.3) is 0 Å². The molecule has 1 aromatic carbocycles. The predicted octanol–water partition coefficient (Wildman–Crippen LogP) is 0.576. The first-order valence-electron chi connectivity index (χ1n) is 6.25. The summed E-state index contributed by atoms with van der Waals surface area (Å²) in [6, 6.07) is 8.90. The molecule has 2 unspecified atom stereocenters. The quantitative estimate of drug-likeness (QED) is 0.797. The summed E-state index contributed by atoms with van der Waals surface area (Å²) in [6.45, 7) is 0.867. The summed E-state index contributed by atoms with van der Waals surface area (Å²) < 4.78 is 0. The molecule has 1 aromatic rings. The van der Waals surface area contributed by atoms with Crippen molar-refractivity contribution in [3.05, 3.63) is 35.9 Å². The van der Waals surface area contributed by atoms with Crippen molar-refractivity contribution >= 4 is 12.2 Å². The zero-order valence-electron chi connectivity index (χ0n) is 10.2. The largest absolute Gasteiger partial charge is 0.344 e. The molecule has 2 atom stereocenters. The number of nitrogens with one attached hydrogen (secondary N) is 2. The van der Waals surface area contributed by atoms with Gasteiger partial charge in [0.15, 0.2) is 0 Å². The van der Waals surface area contributed by atoms with E-state index in [1.165, 1.54) is 0 Å². The molecule has 1 radical (unpaired) electrons. The van der Waals surface area contributed by atoms with Crippen molar-refractivity contribution in [2.45, 2.75) is 31.3 Å². The number of carbonyl (C=O) groups is 1. The van der Waals surface area contributed by atoms with E-state index in [0.717, 1.165) is 24.9 Å². The van der Waals surface area contributed by atoms with Gasteiger partial charge >= 0.3 is 0 Å². The molecule has 2 rings (SSSR count). The van der Waals surface area contributed by atoms with Gasteiger partial charge < -0.3 is 10.6 Å². The molecule has 1 aliphatic rings. The molecule has 4 heteroatoms. The normalized spacial score (nSPS) is 20.3. The highest BCUT2D eigenvalue weighted by Crippen LogP contribution is 2.06. The molecule has 1 aliphatic heterocycles. The molecule has 2 N–H and O–H groups in total. The number of carbonyl (C=O) groups excluding carboxylic acids is 2. The van der Waals surface area contributed by atoms with Crippen LogP contribution in [0.4, 0.5) is 0 Å². The SMILES string of the molecule is O=[C]C(Cc1ccccc1)NC(=O)C1CCCN1. The molecule has 0 spiro atoms. The van der Waals surface area contributed by atoms with Crippen LogP contribution in [0, 0.1) is 0 Å². The predicted molar refractivity (Wildman–Crippen MR) is 68.8 cm³/mol. The Morgan fingerprint density at radius 1 is 1.44 bits per heavy atom. The monoisotopic (exact) mass is 245 g/mol. The van der Waals surface area contributed by atoms with Crippen LogP contribution in [-0.2, 0) is 16.0 Å². The van der Waals surface area contributed by atoms with Crippen LogP contribution >= 0.6 is 0 Å². The molecule has 1 fully saturated rings. The van der Waals surface area contributed by atoms with Crippen LogP contribution in [0.15, 0.2) is 30.3 Å². The minimum Gasteiger partial charge on any atom is -0.344 e. The lowest BCUT2D eigenvalue weighted by atomic mass is 10.1. The lowest BCUT2D eigenvalue weighted by Crippen LogP contribution is -2.46. The maximum atomic E-state index is 11.9. The molecule has 1 amide bonds. The minimum atomic E-state index is -0.567. The Balaban J connectivity index is 1.89. The highest BCUT2D eigenvalue weighted by molar-refractivity contribution is 5.84. The first-order valence-corrected chi connectivity index (χ1v) is 6.25. The number of hydrogen-bond donors (Lipinski definition) is 2. The molecule has 4 nitrogen and oxygen atoms in total. The molecular weight excluding hydrogens is 228 g/mol. The molecule has 0 saturated carbocycles. The van der Waals surface area contributed by atoms with E-state index in [1.54, 1.807) is 0 Å². The zero-order chi connectivity index (χ0) is 12.8. The second kappa shape index (κ2) is 6.31. The Hall–Kier alpha value is -1.68. The molecule has 0 bridgehead atoms. The molecule has 18 heavy (non-hydrogen) atoms. The minimum absolute atomic E-state index is 0.100. The standard InChI is InChI=1S/C14H17N2O2/c17-10-12(9-11-5-2-1-3-6-11)16-14(18)13-7-4-8-15-13/h1-3,5-6,12-13,15H,4,7-9H2,(H,16,18). The Labute approximate surface area is 107 Å². The third-order valence-corrected chi connectivity index (χ3v) is 3.12. The Morgan fingerprint density at radius 2 is 2.22 bits per heavy atom. The Kier molecular flexibility index (Phi) is 4.47. The van der Waals surface area contributed by atoms with Gasteiger partial charge in [-0.25, -0.2) is 0 Å². The second-order valence-electron chi connectivity index (χ2n) is 4.52. The fourth-order valence-electron chi connectivity index (χ4n) is 2.15. The van der Waals surface area contributed by atoms with E-state index in [1.807, 2.05) is 36.6 Å². The lowest BCUT2D eigenvalue weighted by molar-refractivity contribution is -0.123. The van der Waals surface area contributed by atoms with Crippen molar-refractivity contribution in [1.82, 2.24) is 10.6 Å². The van der Waals surface area contributed by atoms with Crippen molar-refractivity contribution in [1.29, 1.82) is 0 Å². The molecule has 1 saturated heterocycles. The van der Waals surface area contributed by atoms with Gasteiger partial charge in [-0.1, -0.05) is 30.3 Å². The van der Waals surface area contributed by atoms with E-state index >= 15 is 0 Å². The van der Waals surface area contributed by atoms with Crippen LogP contribution in [-0.4, -0.2) is 30.8 Å². The van der Waals surface area contributed by atoms with E-state index in [2.05, 4.69) is 10.6 Å². The smallest absolute Gasteiger partial charge is 0.237 e. The third kappa shape index (κ3) is 3.40. The number of hydrogen-bond acceptors (Lipinski definition) is 3. The van der Waals surface area contributed by atoms with Crippen LogP contribution in [0.2, 0.25) is 0 Å². The lowest BCUT2D eigenvalue weighted by Gasteiger charge is -2.15. The van der Waals surface area contributed by atoms with Crippen LogP contribution in [0.25, 0.3) is 0 Å². The topological polar surface area (TPSA) is 58.2 Å². The first-order chi connectivity index (χ1) is 8.79. The molecular formula is C14H17N2O2. The number of benzene rings is 1. The summed E-state index contributed by atoms with van der Waals surface area (Å²) in [5, 5.41) is 5.84. The summed E-state index contributed by atoms with van der Waals surface area (Å²) in [6.07, 6.45) is 4.23. The summed E-state index contributed by atoms with van der Waals surface area (Å²) in [4.78, 5) is 22.8. The molecule has 1 heterocycles. The Morgan fingerprint density at radius 3 is 2.83 bits per heavy atom. The van der Waals surface area contributed by atoms with Crippen molar-refractivity contribution in [3.8, 4) is 0 Å². The van der Waals surface area contributed by atoms with E-state index < -0.39 is 6.04 Å². The molecule has 0 aliphatic carbocycles. The van der Waals surface area contributed by atoms with Gasteiger partial charge in [0, 0.05) is 6.42 Å². The zero-order valence-corrected chi connectivity index (χ0v) is 10.2. The van der Waals surface area contributed by atoms with Gasteiger partial charge in [-0.05, 0) is 24.9 Å². The van der Waals surface area contributed by atoms with Crippen molar-refractivity contribution in [3.63, 3.8) is 0 Å². The highest BCUT2D eigenvalue weighted by Gasteiger charge is 2.24. The highest BCUT2D eigenvalue weighted by atomic mass is 16.2.